The van der Waals surface area contributed by atoms with Gasteiger partial charge >= 0.3 is 0 Å². The molecule has 0 aromatic heterocycles. The number of hydrogen-bond donors (Lipinski definition) is 2. The molecule has 0 heterocycles. The topological polar surface area (TPSA) is 45.7 Å². The van der Waals surface area contributed by atoms with Gasteiger partial charge in [-0.2, -0.15) is 0 Å². The Morgan fingerprint density at radius 3 is 2.52 bits per heavy atom. The smallest absolute Gasteiger partial charge is 0.279 e. The predicted octanol–water partition coefficient (Wildman–Crippen LogP) is 2.92. The van der Waals surface area contributed by atoms with Crippen molar-refractivity contribution in [3.63, 3.8) is 0 Å². The maximum Gasteiger partial charge on any atom is 0.279 e. The summed E-state index contributed by atoms with van der Waals surface area (Å²) < 4.78 is 0. The van der Waals surface area contributed by atoms with Crippen LogP contribution >= 0.6 is 0 Å². The van der Waals surface area contributed by atoms with Crippen molar-refractivity contribution in [2.45, 2.75) is 64.8 Å². The van der Waals surface area contributed by atoms with E-state index in [4.69, 9.17) is 0 Å². The average Bonchev–Trinajstić information content (AvgIpc) is 2.43. The summed E-state index contributed by atoms with van der Waals surface area (Å²) in [5.41, 5.74) is 3.33. The highest BCUT2D eigenvalue weighted by Gasteiger charge is 2.16. The van der Waals surface area contributed by atoms with Gasteiger partial charge in [0.25, 0.3) is 5.91 Å². The van der Waals surface area contributed by atoms with Gasteiger partial charge in [-0.3, -0.25) is 4.79 Å². The molecule has 0 spiro atoms. The van der Waals surface area contributed by atoms with Crippen molar-refractivity contribution in [2.75, 3.05) is 11.9 Å². The van der Waals surface area contributed by atoms with E-state index in [1.54, 1.807) is 0 Å². The van der Waals surface area contributed by atoms with Crippen molar-refractivity contribution >= 4 is 11.6 Å². The van der Waals surface area contributed by atoms with Crippen LogP contribution in [0.5, 0.6) is 0 Å². The highest BCUT2D eigenvalue weighted by atomic mass is 16.1. The SMILES string of the molecule is Cc1cccc(NC(=O)C[NH2+]C2CCCCCCC2)c1C. The quantitative estimate of drug-likeness (QED) is 0.879. The standard InChI is InChI=1S/C18H28N2O/c1-14-9-8-12-17(15(14)2)20-18(21)13-19-16-10-6-4-3-5-7-11-16/h8-9,12,16,19H,3-7,10-11,13H2,1-2H3,(H,20,21)/p+1. The van der Waals surface area contributed by atoms with Gasteiger partial charge in [0.05, 0.1) is 6.04 Å². The Morgan fingerprint density at radius 1 is 1.14 bits per heavy atom. The number of nitrogens with one attached hydrogen (secondary N) is 1. The van der Waals surface area contributed by atoms with Crippen molar-refractivity contribution in [2.24, 2.45) is 0 Å². The molecule has 0 unspecified atom stereocenters. The number of quaternary nitrogens is 1. The molecule has 1 saturated carbocycles. The Morgan fingerprint density at radius 2 is 1.81 bits per heavy atom. The zero-order valence-electron chi connectivity index (χ0n) is 13.5. The van der Waals surface area contributed by atoms with E-state index in [1.165, 1.54) is 50.5 Å². The largest absolute Gasteiger partial charge is 0.336 e. The summed E-state index contributed by atoms with van der Waals surface area (Å²) in [5.74, 6) is 0.116. The molecule has 3 heteroatoms. The fourth-order valence-electron chi connectivity index (χ4n) is 3.08. The number of rotatable bonds is 4. The van der Waals surface area contributed by atoms with Crippen LogP contribution in [0.3, 0.4) is 0 Å². The van der Waals surface area contributed by atoms with Crippen LogP contribution in [0.15, 0.2) is 18.2 Å². The molecule has 3 N–H and O–H groups in total. The van der Waals surface area contributed by atoms with Crippen LogP contribution in [0.1, 0.15) is 56.1 Å². The van der Waals surface area contributed by atoms with Crippen LogP contribution in [0, 0.1) is 13.8 Å². The van der Waals surface area contributed by atoms with E-state index in [-0.39, 0.29) is 5.91 Å². The molecule has 2 rings (SSSR count). The van der Waals surface area contributed by atoms with E-state index in [9.17, 15) is 4.79 Å². The van der Waals surface area contributed by atoms with E-state index in [2.05, 4.69) is 30.5 Å². The van der Waals surface area contributed by atoms with Gasteiger partial charge in [0.2, 0.25) is 0 Å². The molecule has 3 nitrogen and oxygen atoms in total. The molecule has 0 bridgehead atoms. The molecule has 1 amide bonds. The van der Waals surface area contributed by atoms with E-state index in [1.807, 2.05) is 12.1 Å². The lowest BCUT2D eigenvalue weighted by atomic mass is 9.97. The van der Waals surface area contributed by atoms with Crippen LogP contribution in [-0.4, -0.2) is 18.5 Å². The molecule has 0 saturated heterocycles. The highest BCUT2D eigenvalue weighted by Crippen LogP contribution is 2.17. The lowest BCUT2D eigenvalue weighted by Gasteiger charge is -2.18. The van der Waals surface area contributed by atoms with Crippen molar-refractivity contribution in [3.05, 3.63) is 29.3 Å². The molecule has 0 aliphatic heterocycles. The molecule has 1 fully saturated rings. The number of aryl methyl sites for hydroxylation is 1. The number of nitrogens with two attached hydrogens (primary N) is 1. The molecule has 1 aromatic carbocycles. The molecule has 1 aliphatic carbocycles. The Bertz CT molecular complexity index is 462. The monoisotopic (exact) mass is 289 g/mol. The number of carbonyl (C=O) groups excluding carboxylic acids is 1. The summed E-state index contributed by atoms with van der Waals surface area (Å²) in [6.45, 7) is 4.67. The van der Waals surface area contributed by atoms with Crippen molar-refractivity contribution in [1.29, 1.82) is 0 Å². The van der Waals surface area contributed by atoms with E-state index >= 15 is 0 Å². The molecular weight excluding hydrogens is 260 g/mol. The minimum atomic E-state index is 0.116. The Balaban J connectivity index is 1.80. The number of anilines is 1. The van der Waals surface area contributed by atoms with Crippen molar-refractivity contribution < 1.29 is 10.1 Å². The normalized spacial score (nSPS) is 17.0. The summed E-state index contributed by atoms with van der Waals surface area (Å²) in [6, 6.07) is 6.69. The summed E-state index contributed by atoms with van der Waals surface area (Å²) in [4.78, 5) is 12.1. The molecular formula is C18H29N2O+. The molecule has 1 aromatic rings. The zero-order valence-corrected chi connectivity index (χ0v) is 13.5. The Labute approximate surface area is 128 Å². The van der Waals surface area contributed by atoms with Crippen molar-refractivity contribution in [1.82, 2.24) is 0 Å². The predicted molar refractivity (Wildman–Crippen MR) is 87.4 cm³/mol. The van der Waals surface area contributed by atoms with Gasteiger partial charge in [-0.05, 0) is 56.7 Å². The van der Waals surface area contributed by atoms with Gasteiger partial charge in [0.1, 0.15) is 0 Å². The second-order valence-corrected chi connectivity index (χ2v) is 6.34. The average molecular weight is 289 g/mol. The summed E-state index contributed by atoms with van der Waals surface area (Å²) in [5, 5.41) is 5.29. The fourth-order valence-corrected chi connectivity index (χ4v) is 3.08. The third-order valence-electron chi connectivity index (χ3n) is 4.67. The second-order valence-electron chi connectivity index (χ2n) is 6.34. The number of amides is 1. The minimum Gasteiger partial charge on any atom is -0.336 e. The third-order valence-corrected chi connectivity index (χ3v) is 4.67. The third kappa shape index (κ3) is 5.16. The van der Waals surface area contributed by atoms with Crippen LogP contribution in [0.4, 0.5) is 5.69 Å². The lowest BCUT2D eigenvalue weighted by Crippen LogP contribution is -2.91. The number of carbonyl (C=O) groups is 1. The first-order valence-corrected chi connectivity index (χ1v) is 8.36. The summed E-state index contributed by atoms with van der Waals surface area (Å²) >= 11 is 0. The molecule has 116 valence electrons. The number of benzene rings is 1. The zero-order chi connectivity index (χ0) is 15.1. The van der Waals surface area contributed by atoms with Gasteiger partial charge < -0.3 is 10.6 Å². The lowest BCUT2D eigenvalue weighted by molar-refractivity contribution is -0.680. The minimum absolute atomic E-state index is 0.116. The molecule has 0 atom stereocenters. The van der Waals surface area contributed by atoms with E-state index in [0.29, 0.717) is 12.6 Å². The van der Waals surface area contributed by atoms with Crippen LogP contribution in [0.2, 0.25) is 0 Å². The maximum atomic E-state index is 12.1. The summed E-state index contributed by atoms with van der Waals surface area (Å²) in [7, 11) is 0. The first-order chi connectivity index (χ1) is 10.2. The first kappa shape index (κ1) is 16.0. The first-order valence-electron chi connectivity index (χ1n) is 8.36. The Kier molecular flexibility index (Phi) is 6.24. The van der Waals surface area contributed by atoms with Crippen molar-refractivity contribution in [3.8, 4) is 0 Å². The highest BCUT2D eigenvalue weighted by molar-refractivity contribution is 5.92. The van der Waals surface area contributed by atoms with Gasteiger partial charge in [-0.25, -0.2) is 0 Å². The number of hydrogen-bond acceptors (Lipinski definition) is 1. The molecule has 0 radical (unpaired) electrons. The molecule has 1 aliphatic rings. The van der Waals surface area contributed by atoms with Crippen LogP contribution in [0.25, 0.3) is 0 Å². The summed E-state index contributed by atoms with van der Waals surface area (Å²) in [6.07, 6.45) is 9.27. The van der Waals surface area contributed by atoms with E-state index < -0.39 is 0 Å². The maximum absolute atomic E-state index is 12.1. The molecule has 21 heavy (non-hydrogen) atoms. The van der Waals surface area contributed by atoms with Gasteiger partial charge in [-0.15, -0.1) is 0 Å². The van der Waals surface area contributed by atoms with Gasteiger partial charge in [0, 0.05) is 5.69 Å². The van der Waals surface area contributed by atoms with Gasteiger partial charge in [0.15, 0.2) is 6.54 Å². The fraction of sp³-hybridized carbons (Fsp3) is 0.611. The van der Waals surface area contributed by atoms with Gasteiger partial charge in [-0.1, -0.05) is 31.4 Å². The Hall–Kier alpha value is -1.35. The van der Waals surface area contributed by atoms with E-state index in [0.717, 1.165) is 11.3 Å². The van der Waals surface area contributed by atoms with Crippen LogP contribution < -0.4 is 10.6 Å². The second kappa shape index (κ2) is 8.18. The van der Waals surface area contributed by atoms with Crippen LogP contribution in [-0.2, 0) is 4.79 Å².